The summed E-state index contributed by atoms with van der Waals surface area (Å²) in [6.07, 6.45) is 8.62. The molecule has 2 rings (SSSR count). The van der Waals surface area contributed by atoms with E-state index in [0.29, 0.717) is 6.54 Å². The molecule has 1 N–H and O–H groups in total. The highest BCUT2D eigenvalue weighted by molar-refractivity contribution is 5.60. The molecule has 4 nitrogen and oxygen atoms in total. The highest BCUT2D eigenvalue weighted by atomic mass is 15.4. The van der Waals surface area contributed by atoms with Crippen molar-refractivity contribution in [2.24, 2.45) is 0 Å². The molecule has 0 atom stereocenters. The Hall–Kier alpha value is -2.28. The molecule has 0 fully saturated rings. The minimum Gasteiger partial charge on any atom is -0.372 e. The minimum absolute atomic E-state index is 0.492. The van der Waals surface area contributed by atoms with E-state index in [1.54, 1.807) is 17.1 Å². The second kappa shape index (κ2) is 4.29. The van der Waals surface area contributed by atoms with E-state index < -0.39 is 0 Å². The summed E-state index contributed by atoms with van der Waals surface area (Å²) in [6.45, 7) is 0.492. The third-order valence-electron chi connectivity index (χ3n) is 1.95. The van der Waals surface area contributed by atoms with E-state index in [-0.39, 0.29) is 0 Å². The molecule has 0 saturated carbocycles. The van der Waals surface area contributed by atoms with Crippen LogP contribution in [0.1, 0.15) is 0 Å². The number of rotatable bonds is 3. The number of benzene rings is 1. The largest absolute Gasteiger partial charge is 0.372 e. The van der Waals surface area contributed by atoms with Crippen LogP contribution < -0.4 is 5.32 Å². The molecular weight excluding hydrogens is 188 g/mol. The van der Waals surface area contributed by atoms with Gasteiger partial charge in [-0.1, -0.05) is 23.3 Å². The van der Waals surface area contributed by atoms with Crippen LogP contribution in [-0.4, -0.2) is 21.5 Å². The fourth-order valence-electron chi connectivity index (χ4n) is 1.31. The lowest BCUT2D eigenvalue weighted by molar-refractivity contribution is 0.804. The standard InChI is InChI=1S/C11H10N4/c1-2-7-12-10-5-3-4-6-11(10)15-9-8-13-14-15/h1,3-6,8-9,12H,7H2. The topological polar surface area (TPSA) is 42.7 Å². The molecule has 0 amide bonds. The number of terminal acetylenes is 1. The molecule has 0 radical (unpaired) electrons. The maximum absolute atomic E-state index is 5.20. The van der Waals surface area contributed by atoms with Crippen LogP contribution in [0.4, 0.5) is 5.69 Å². The van der Waals surface area contributed by atoms with E-state index in [2.05, 4.69) is 21.5 Å². The van der Waals surface area contributed by atoms with E-state index in [1.165, 1.54) is 0 Å². The van der Waals surface area contributed by atoms with Crippen LogP contribution in [-0.2, 0) is 0 Å². The third-order valence-corrected chi connectivity index (χ3v) is 1.95. The van der Waals surface area contributed by atoms with Gasteiger partial charge in [0.05, 0.1) is 30.3 Å². The number of hydrogen-bond donors (Lipinski definition) is 1. The fraction of sp³-hybridized carbons (Fsp3) is 0.0909. The van der Waals surface area contributed by atoms with E-state index in [9.17, 15) is 0 Å². The summed E-state index contributed by atoms with van der Waals surface area (Å²) in [5.41, 5.74) is 1.88. The maximum atomic E-state index is 5.20. The maximum Gasteiger partial charge on any atom is 0.0895 e. The Morgan fingerprint density at radius 2 is 2.27 bits per heavy atom. The number of nitrogens with one attached hydrogen (secondary N) is 1. The Morgan fingerprint density at radius 1 is 1.40 bits per heavy atom. The molecule has 1 aromatic carbocycles. The second-order valence-electron chi connectivity index (χ2n) is 2.92. The first kappa shape index (κ1) is 9.28. The summed E-state index contributed by atoms with van der Waals surface area (Å²) in [7, 11) is 0. The number of anilines is 1. The van der Waals surface area contributed by atoms with Gasteiger partial charge < -0.3 is 5.32 Å². The van der Waals surface area contributed by atoms with Crippen LogP contribution in [0.3, 0.4) is 0 Å². The summed E-state index contributed by atoms with van der Waals surface area (Å²) in [5, 5.41) is 10.8. The van der Waals surface area contributed by atoms with Crippen LogP contribution in [0, 0.1) is 12.3 Å². The van der Waals surface area contributed by atoms with Gasteiger partial charge in [-0.15, -0.1) is 11.5 Å². The number of nitrogens with zero attached hydrogens (tertiary/aromatic N) is 3. The molecule has 15 heavy (non-hydrogen) atoms. The predicted molar refractivity (Wildman–Crippen MR) is 58.7 cm³/mol. The van der Waals surface area contributed by atoms with E-state index in [1.807, 2.05) is 24.3 Å². The van der Waals surface area contributed by atoms with Crippen molar-refractivity contribution in [3.05, 3.63) is 36.7 Å². The lowest BCUT2D eigenvalue weighted by atomic mass is 10.2. The number of aromatic nitrogens is 3. The normalized spacial score (nSPS) is 9.53. The Labute approximate surface area is 87.9 Å². The van der Waals surface area contributed by atoms with Crippen LogP contribution in [0.2, 0.25) is 0 Å². The van der Waals surface area contributed by atoms with Gasteiger partial charge in [0, 0.05) is 0 Å². The minimum atomic E-state index is 0.492. The fourth-order valence-corrected chi connectivity index (χ4v) is 1.31. The van der Waals surface area contributed by atoms with Gasteiger partial charge in [-0.25, -0.2) is 4.68 Å². The molecule has 0 bridgehead atoms. The Morgan fingerprint density at radius 3 is 3.00 bits per heavy atom. The SMILES string of the molecule is C#CCNc1ccccc1-n1ccnn1. The predicted octanol–water partition coefficient (Wildman–Crippen LogP) is 1.31. The molecule has 0 aliphatic heterocycles. The summed E-state index contributed by atoms with van der Waals surface area (Å²) >= 11 is 0. The van der Waals surface area contributed by atoms with E-state index in [0.717, 1.165) is 11.4 Å². The quantitative estimate of drug-likeness (QED) is 0.756. The zero-order valence-electron chi connectivity index (χ0n) is 8.09. The lowest BCUT2D eigenvalue weighted by Crippen LogP contribution is -2.04. The summed E-state index contributed by atoms with van der Waals surface area (Å²) in [5.74, 6) is 2.53. The molecule has 0 unspecified atom stereocenters. The Bertz CT molecular complexity index is 468. The zero-order chi connectivity index (χ0) is 10.5. The van der Waals surface area contributed by atoms with Crippen LogP contribution in [0.5, 0.6) is 0 Å². The molecule has 0 spiro atoms. The highest BCUT2D eigenvalue weighted by Gasteiger charge is 2.02. The van der Waals surface area contributed by atoms with Gasteiger partial charge in [0.1, 0.15) is 0 Å². The first-order valence-corrected chi connectivity index (χ1v) is 4.55. The summed E-state index contributed by atoms with van der Waals surface area (Å²) in [6, 6.07) is 7.79. The second-order valence-corrected chi connectivity index (χ2v) is 2.92. The van der Waals surface area contributed by atoms with Gasteiger partial charge in [0.25, 0.3) is 0 Å². The zero-order valence-corrected chi connectivity index (χ0v) is 8.09. The average molecular weight is 198 g/mol. The lowest BCUT2D eigenvalue weighted by Gasteiger charge is -2.08. The third kappa shape index (κ3) is 1.97. The van der Waals surface area contributed by atoms with Gasteiger partial charge in [0.15, 0.2) is 0 Å². The van der Waals surface area contributed by atoms with E-state index in [4.69, 9.17) is 6.42 Å². The molecule has 0 aliphatic rings. The van der Waals surface area contributed by atoms with E-state index >= 15 is 0 Å². The Kier molecular flexibility index (Phi) is 2.65. The van der Waals surface area contributed by atoms with Crippen molar-refractivity contribution in [1.29, 1.82) is 0 Å². The van der Waals surface area contributed by atoms with Crippen molar-refractivity contribution in [2.75, 3.05) is 11.9 Å². The van der Waals surface area contributed by atoms with Crippen molar-refractivity contribution in [1.82, 2.24) is 15.0 Å². The highest BCUT2D eigenvalue weighted by Crippen LogP contribution is 2.17. The Balaban J connectivity index is 2.35. The molecule has 4 heteroatoms. The van der Waals surface area contributed by atoms with Crippen LogP contribution in [0.15, 0.2) is 36.7 Å². The van der Waals surface area contributed by atoms with Gasteiger partial charge >= 0.3 is 0 Å². The number of hydrogen-bond acceptors (Lipinski definition) is 3. The summed E-state index contributed by atoms with van der Waals surface area (Å²) < 4.78 is 1.69. The van der Waals surface area contributed by atoms with Gasteiger partial charge in [-0.3, -0.25) is 0 Å². The molecule has 74 valence electrons. The monoisotopic (exact) mass is 198 g/mol. The van der Waals surface area contributed by atoms with Crippen molar-refractivity contribution >= 4 is 5.69 Å². The molecule has 1 heterocycles. The van der Waals surface area contributed by atoms with Gasteiger partial charge in [-0.05, 0) is 12.1 Å². The first-order valence-electron chi connectivity index (χ1n) is 4.55. The van der Waals surface area contributed by atoms with Crippen molar-refractivity contribution in [3.63, 3.8) is 0 Å². The molecule has 1 aromatic heterocycles. The smallest absolute Gasteiger partial charge is 0.0895 e. The average Bonchev–Trinajstić information content (AvgIpc) is 2.80. The first-order chi connectivity index (χ1) is 7.42. The molecular formula is C11H10N4. The van der Waals surface area contributed by atoms with Crippen LogP contribution >= 0.6 is 0 Å². The van der Waals surface area contributed by atoms with Crippen molar-refractivity contribution in [3.8, 4) is 18.0 Å². The van der Waals surface area contributed by atoms with Crippen molar-refractivity contribution in [2.45, 2.75) is 0 Å². The molecule has 0 aliphatic carbocycles. The molecule has 2 aromatic rings. The molecule has 0 saturated heterocycles. The van der Waals surface area contributed by atoms with Crippen molar-refractivity contribution < 1.29 is 0 Å². The summed E-state index contributed by atoms with van der Waals surface area (Å²) in [4.78, 5) is 0. The van der Waals surface area contributed by atoms with Gasteiger partial charge in [-0.2, -0.15) is 0 Å². The van der Waals surface area contributed by atoms with Gasteiger partial charge in [0.2, 0.25) is 0 Å². The number of para-hydroxylation sites is 2. The van der Waals surface area contributed by atoms with Crippen LogP contribution in [0.25, 0.3) is 5.69 Å².